The Balaban J connectivity index is 4.17. The van der Waals surface area contributed by atoms with E-state index in [-0.39, 0.29) is 12.2 Å². The fraction of sp³-hybridized carbons (Fsp3) is 0.625. The third kappa shape index (κ3) is 6.27. The lowest BCUT2D eigenvalue weighted by atomic mass is 10.2. The summed E-state index contributed by atoms with van der Waals surface area (Å²) in [4.78, 5) is 11.0. The van der Waals surface area contributed by atoms with Crippen molar-refractivity contribution < 1.29 is 24.9 Å². The molecule has 0 heterocycles. The fourth-order valence-electron chi connectivity index (χ4n) is 0.658. The molecule has 0 aromatic heterocycles. The van der Waals surface area contributed by atoms with Gasteiger partial charge in [0.15, 0.2) is 0 Å². The first-order valence-electron chi connectivity index (χ1n) is 3.90. The molecule has 13 heavy (non-hydrogen) atoms. The van der Waals surface area contributed by atoms with E-state index in [0.717, 1.165) is 0 Å². The van der Waals surface area contributed by atoms with Crippen LogP contribution in [0.4, 0.5) is 0 Å². The van der Waals surface area contributed by atoms with E-state index in [1.54, 1.807) is 0 Å². The molecular weight excluding hydrogens is 176 g/mol. The minimum atomic E-state index is -2.96. The largest absolute Gasteiger partial charge is 0.462 e. The molecule has 0 aliphatic heterocycles. The monoisotopic (exact) mass is 190 g/mol. The van der Waals surface area contributed by atoms with Crippen LogP contribution in [0.1, 0.15) is 20.3 Å². The van der Waals surface area contributed by atoms with Crippen molar-refractivity contribution in [3.63, 3.8) is 0 Å². The minimum Gasteiger partial charge on any atom is -0.462 e. The second-order valence-corrected chi connectivity index (χ2v) is 2.65. The maximum atomic E-state index is 11.0. The van der Waals surface area contributed by atoms with Crippen LogP contribution in [0, 0.1) is 0 Å². The summed E-state index contributed by atoms with van der Waals surface area (Å²) < 4.78 is 4.66. The average molecular weight is 190 g/mol. The molecule has 0 aliphatic carbocycles. The summed E-state index contributed by atoms with van der Waals surface area (Å²) in [6.07, 6.45) is 1.28. The average Bonchev–Trinajstić information content (AvgIpc) is 1.96. The van der Waals surface area contributed by atoms with Gasteiger partial charge in [0, 0.05) is 11.6 Å². The van der Waals surface area contributed by atoms with Gasteiger partial charge in [-0.2, -0.15) is 0 Å². The van der Waals surface area contributed by atoms with Crippen molar-refractivity contribution in [1.29, 1.82) is 0 Å². The number of aliphatic hydroxyl groups is 3. The van der Waals surface area contributed by atoms with Crippen LogP contribution in [0.5, 0.6) is 0 Å². The van der Waals surface area contributed by atoms with E-state index in [0.29, 0.717) is 12.5 Å². The van der Waals surface area contributed by atoms with Crippen LogP contribution in [-0.4, -0.2) is 33.9 Å². The molecule has 0 saturated carbocycles. The van der Waals surface area contributed by atoms with Gasteiger partial charge in [-0.15, -0.1) is 0 Å². The predicted molar refractivity (Wildman–Crippen MR) is 44.4 cm³/mol. The Bertz CT molecular complexity index is 201. The highest BCUT2D eigenvalue weighted by atomic mass is 16.7. The lowest BCUT2D eigenvalue weighted by Gasteiger charge is -2.09. The van der Waals surface area contributed by atoms with Crippen molar-refractivity contribution in [3.8, 4) is 0 Å². The smallest absolute Gasteiger partial charge is 0.333 e. The molecule has 0 saturated heterocycles. The van der Waals surface area contributed by atoms with Crippen LogP contribution >= 0.6 is 0 Å². The molecule has 5 nitrogen and oxygen atoms in total. The molecule has 0 aromatic rings. The van der Waals surface area contributed by atoms with Crippen molar-refractivity contribution in [2.24, 2.45) is 0 Å². The van der Waals surface area contributed by atoms with Gasteiger partial charge in [0.2, 0.25) is 0 Å². The normalized spacial score (nSPS) is 12.8. The third-order valence-corrected chi connectivity index (χ3v) is 1.17. The number of carbonyl (C=O) groups excluding carboxylic acids is 1. The second-order valence-electron chi connectivity index (χ2n) is 2.65. The second kappa shape index (κ2) is 4.96. The van der Waals surface area contributed by atoms with Gasteiger partial charge < -0.3 is 20.1 Å². The lowest BCUT2D eigenvalue weighted by Crippen LogP contribution is -2.25. The van der Waals surface area contributed by atoms with Crippen LogP contribution in [-0.2, 0) is 9.53 Å². The van der Waals surface area contributed by atoms with E-state index < -0.39 is 11.9 Å². The van der Waals surface area contributed by atoms with E-state index in [9.17, 15) is 4.79 Å². The maximum absolute atomic E-state index is 11.0. The standard InChI is InChI=1S/C8H14O5/c1-3-4-13-7(9)6(2)5-8(10,11)12/h5,10-12H,3-4H2,1-2H3. The highest BCUT2D eigenvalue weighted by molar-refractivity contribution is 5.87. The zero-order chi connectivity index (χ0) is 10.5. The summed E-state index contributed by atoms with van der Waals surface area (Å²) >= 11 is 0. The van der Waals surface area contributed by atoms with Crippen LogP contribution in [0.25, 0.3) is 0 Å². The Hall–Kier alpha value is -0.910. The maximum Gasteiger partial charge on any atom is 0.333 e. The molecule has 0 aromatic carbocycles. The molecule has 0 atom stereocenters. The number of hydrogen-bond acceptors (Lipinski definition) is 5. The molecule has 76 valence electrons. The summed E-state index contributed by atoms with van der Waals surface area (Å²) in [5.74, 6) is -3.64. The fourth-order valence-corrected chi connectivity index (χ4v) is 0.658. The molecule has 3 N–H and O–H groups in total. The number of esters is 1. The van der Waals surface area contributed by atoms with E-state index in [4.69, 9.17) is 15.3 Å². The first-order valence-corrected chi connectivity index (χ1v) is 3.90. The Morgan fingerprint density at radius 2 is 2.00 bits per heavy atom. The van der Waals surface area contributed by atoms with Crippen LogP contribution in [0.3, 0.4) is 0 Å². The zero-order valence-electron chi connectivity index (χ0n) is 7.65. The summed E-state index contributed by atoms with van der Waals surface area (Å²) in [6.45, 7) is 3.41. The zero-order valence-corrected chi connectivity index (χ0v) is 7.65. The molecule has 5 heteroatoms. The van der Waals surface area contributed by atoms with Crippen LogP contribution < -0.4 is 0 Å². The summed E-state index contributed by atoms with van der Waals surface area (Å²) in [5, 5.41) is 25.5. The summed E-state index contributed by atoms with van der Waals surface area (Å²) in [6, 6.07) is 0. The van der Waals surface area contributed by atoms with E-state index in [2.05, 4.69) is 4.74 Å². The molecule has 0 amide bonds. The van der Waals surface area contributed by atoms with Gasteiger partial charge in [-0.05, 0) is 13.3 Å². The minimum absolute atomic E-state index is 0.0547. The third-order valence-electron chi connectivity index (χ3n) is 1.17. The van der Waals surface area contributed by atoms with E-state index in [1.165, 1.54) is 6.92 Å². The molecule has 0 unspecified atom stereocenters. The molecule has 0 bridgehead atoms. The van der Waals surface area contributed by atoms with Crippen LogP contribution in [0.2, 0.25) is 0 Å². The Kier molecular flexibility index (Phi) is 4.61. The van der Waals surface area contributed by atoms with Gasteiger partial charge in [0.05, 0.1) is 6.61 Å². The van der Waals surface area contributed by atoms with E-state index >= 15 is 0 Å². The molecular formula is C8H14O5. The Labute approximate surface area is 76.3 Å². The van der Waals surface area contributed by atoms with Crippen molar-refractivity contribution in [3.05, 3.63) is 11.6 Å². The molecule has 0 radical (unpaired) electrons. The Morgan fingerprint density at radius 1 is 1.46 bits per heavy atom. The topological polar surface area (TPSA) is 87.0 Å². The van der Waals surface area contributed by atoms with E-state index in [1.807, 2.05) is 6.92 Å². The highest BCUT2D eigenvalue weighted by Gasteiger charge is 2.17. The quantitative estimate of drug-likeness (QED) is 0.316. The van der Waals surface area contributed by atoms with Gasteiger partial charge >= 0.3 is 5.97 Å². The van der Waals surface area contributed by atoms with Crippen molar-refractivity contribution in [2.45, 2.75) is 26.2 Å². The Morgan fingerprint density at radius 3 is 2.38 bits per heavy atom. The molecule has 0 rings (SSSR count). The van der Waals surface area contributed by atoms with Gasteiger partial charge in [0.1, 0.15) is 0 Å². The molecule has 0 aliphatic rings. The number of carbonyl (C=O) groups is 1. The van der Waals surface area contributed by atoms with Gasteiger partial charge in [-0.25, -0.2) is 4.79 Å². The molecule has 0 spiro atoms. The number of hydrogen-bond donors (Lipinski definition) is 3. The molecule has 0 fully saturated rings. The van der Waals surface area contributed by atoms with Gasteiger partial charge in [-0.3, -0.25) is 0 Å². The van der Waals surface area contributed by atoms with Crippen molar-refractivity contribution >= 4 is 5.97 Å². The SMILES string of the molecule is CCCOC(=O)C(C)=CC(O)(O)O. The van der Waals surface area contributed by atoms with Crippen molar-refractivity contribution in [2.75, 3.05) is 6.61 Å². The highest BCUT2D eigenvalue weighted by Crippen LogP contribution is 2.04. The van der Waals surface area contributed by atoms with Crippen molar-refractivity contribution in [1.82, 2.24) is 0 Å². The van der Waals surface area contributed by atoms with Crippen LogP contribution in [0.15, 0.2) is 11.6 Å². The van der Waals surface area contributed by atoms with Gasteiger partial charge in [0.25, 0.3) is 5.97 Å². The summed E-state index contributed by atoms with van der Waals surface area (Å²) in [5.41, 5.74) is -0.0547. The lowest BCUT2D eigenvalue weighted by molar-refractivity contribution is -0.273. The van der Waals surface area contributed by atoms with Gasteiger partial charge in [-0.1, -0.05) is 6.92 Å². The number of ether oxygens (including phenoxy) is 1. The first kappa shape index (κ1) is 12.1. The summed E-state index contributed by atoms with van der Waals surface area (Å²) in [7, 11) is 0. The first-order chi connectivity index (χ1) is 5.87. The predicted octanol–water partition coefficient (Wildman–Crippen LogP) is -0.483. The number of rotatable bonds is 4.